The number of carbonyl (C=O) groups excluding carboxylic acids is 1. The van der Waals surface area contributed by atoms with Crippen LogP contribution in [0.3, 0.4) is 0 Å². The maximum absolute atomic E-state index is 15.8. The van der Waals surface area contributed by atoms with Gasteiger partial charge in [-0.25, -0.2) is 8.78 Å². The molecule has 6 nitrogen and oxygen atoms in total. The Morgan fingerprint density at radius 1 is 1.23 bits per heavy atom. The second-order valence-corrected chi connectivity index (χ2v) is 12.3. The summed E-state index contributed by atoms with van der Waals surface area (Å²) in [5, 5.41) is 35.9. The van der Waals surface area contributed by atoms with Gasteiger partial charge in [-0.2, -0.15) is 5.26 Å². The highest BCUT2D eigenvalue weighted by Crippen LogP contribution is 2.54. The fourth-order valence-corrected chi connectivity index (χ4v) is 6.95. The first kappa shape index (κ1) is 30.7. The number of halogens is 4. The smallest absolute Gasteiger partial charge is 0.237 e. The molecular weight excluding hydrogens is 559 g/mol. The van der Waals surface area contributed by atoms with Crippen LogP contribution in [0.4, 0.5) is 8.78 Å². The van der Waals surface area contributed by atoms with Gasteiger partial charge in [0.25, 0.3) is 0 Å². The van der Waals surface area contributed by atoms with Gasteiger partial charge in [0.2, 0.25) is 5.91 Å². The molecule has 1 aliphatic carbocycles. The van der Waals surface area contributed by atoms with Crippen molar-refractivity contribution in [1.29, 1.82) is 5.26 Å². The molecule has 4 N–H and O–H groups in total. The molecule has 2 aromatic carbocycles. The van der Waals surface area contributed by atoms with Gasteiger partial charge in [0.05, 0.1) is 29.8 Å². The van der Waals surface area contributed by atoms with Gasteiger partial charge in [0, 0.05) is 29.1 Å². The summed E-state index contributed by atoms with van der Waals surface area (Å²) < 4.78 is 31.5. The first-order valence-corrected chi connectivity index (χ1v) is 14.5. The number of nitrogens with zero attached hydrogens (tertiary/aromatic N) is 1. The Kier molecular flexibility index (Phi) is 9.74. The maximum Gasteiger partial charge on any atom is 0.237 e. The Morgan fingerprint density at radius 2 is 1.95 bits per heavy atom. The highest BCUT2D eigenvalue weighted by molar-refractivity contribution is 6.31. The number of nitrogens with one attached hydrogen (secondary N) is 2. The zero-order chi connectivity index (χ0) is 29.1. The molecule has 5 atom stereocenters. The number of aliphatic hydroxyl groups excluding tert-OH is 2. The molecule has 10 heteroatoms. The molecule has 2 fully saturated rings. The summed E-state index contributed by atoms with van der Waals surface area (Å²) in [4.78, 5) is 13.7. The molecule has 1 heterocycles. The number of hydrogen-bond acceptors (Lipinski definition) is 5. The summed E-state index contributed by atoms with van der Waals surface area (Å²) in [7, 11) is 0. The van der Waals surface area contributed by atoms with Crippen molar-refractivity contribution < 1.29 is 23.8 Å². The van der Waals surface area contributed by atoms with Crippen LogP contribution in [-0.4, -0.2) is 47.5 Å². The lowest BCUT2D eigenvalue weighted by Gasteiger charge is -2.41. The van der Waals surface area contributed by atoms with E-state index in [1.807, 2.05) is 0 Å². The van der Waals surface area contributed by atoms with E-state index in [1.165, 1.54) is 24.3 Å². The molecule has 1 aliphatic heterocycles. The summed E-state index contributed by atoms with van der Waals surface area (Å²) in [6.07, 6.45) is 4.56. The molecule has 40 heavy (non-hydrogen) atoms. The number of aliphatic hydroxyl groups is 2. The highest BCUT2D eigenvalue weighted by Gasteiger charge is 2.61. The van der Waals surface area contributed by atoms with Gasteiger partial charge in [0.1, 0.15) is 17.0 Å². The predicted octanol–water partition coefficient (Wildman–Crippen LogP) is 5.38. The zero-order valence-electron chi connectivity index (χ0n) is 22.4. The monoisotopic (exact) mass is 593 g/mol. The van der Waals surface area contributed by atoms with Crippen LogP contribution in [0.25, 0.3) is 0 Å². The number of carbonyl (C=O) groups is 1. The average Bonchev–Trinajstić information content (AvgIpc) is 3.24. The number of nitriles is 1. The molecule has 4 rings (SSSR count). The van der Waals surface area contributed by atoms with Gasteiger partial charge in [-0.1, -0.05) is 67.6 Å². The van der Waals surface area contributed by atoms with E-state index < -0.39 is 53.7 Å². The second kappa shape index (κ2) is 12.7. The Bertz CT molecular complexity index is 1270. The van der Waals surface area contributed by atoms with Crippen molar-refractivity contribution in [3.63, 3.8) is 0 Å². The first-order valence-electron chi connectivity index (χ1n) is 13.7. The van der Waals surface area contributed by atoms with Gasteiger partial charge >= 0.3 is 0 Å². The lowest BCUT2D eigenvalue weighted by Crippen LogP contribution is -2.47. The van der Waals surface area contributed by atoms with Crippen molar-refractivity contribution in [2.45, 2.75) is 81.4 Å². The fourth-order valence-electron chi connectivity index (χ4n) is 6.61. The van der Waals surface area contributed by atoms with Gasteiger partial charge in [-0.05, 0) is 54.9 Å². The molecule has 1 saturated heterocycles. The Labute approximate surface area is 243 Å². The van der Waals surface area contributed by atoms with E-state index >= 15 is 8.78 Å². The summed E-state index contributed by atoms with van der Waals surface area (Å²) in [5.41, 5.74) is -1.79. The second-order valence-electron chi connectivity index (χ2n) is 11.4. The van der Waals surface area contributed by atoms with E-state index in [1.54, 1.807) is 6.07 Å². The largest absolute Gasteiger partial charge is 0.394 e. The van der Waals surface area contributed by atoms with E-state index in [4.69, 9.17) is 28.3 Å². The van der Waals surface area contributed by atoms with Crippen molar-refractivity contribution >= 4 is 29.1 Å². The van der Waals surface area contributed by atoms with Gasteiger partial charge < -0.3 is 20.8 Å². The topological polar surface area (TPSA) is 105 Å². The lowest BCUT2D eigenvalue weighted by molar-refractivity contribution is -0.123. The SMILES string of the molecule is CC1(CC2NC(C(=O)NCC[C@H](O)CO)C(c3cccc(Cl)c3F)C2(C#N)c2ccc(Cl)cc2F)CCCCC1. The number of hydrogen-bond donors (Lipinski definition) is 4. The molecule has 0 aromatic heterocycles. The minimum Gasteiger partial charge on any atom is -0.394 e. The van der Waals surface area contributed by atoms with E-state index in [2.05, 4.69) is 23.6 Å². The van der Waals surface area contributed by atoms with Crippen molar-refractivity contribution in [2.24, 2.45) is 5.41 Å². The van der Waals surface area contributed by atoms with Crippen molar-refractivity contribution in [3.8, 4) is 6.07 Å². The van der Waals surface area contributed by atoms with Crippen LogP contribution in [0.15, 0.2) is 36.4 Å². The van der Waals surface area contributed by atoms with Crippen LogP contribution in [-0.2, 0) is 10.2 Å². The standard InChI is InChI=1S/C30H35Cl2F2N3O3/c1-29(11-3-2-4-12-29)15-24-30(17-35,21-9-8-18(31)14-23(21)33)25(20-6-5-7-22(32)26(20)34)27(37-24)28(40)36-13-10-19(39)16-38/h5-9,14,19,24-25,27,37-39H,2-4,10-13,15-16H2,1H3,(H,36,40)/t19-,24?,25?,27?,30?/m0/s1. The van der Waals surface area contributed by atoms with E-state index in [0.29, 0.717) is 6.42 Å². The van der Waals surface area contributed by atoms with Crippen LogP contribution in [0.2, 0.25) is 10.0 Å². The summed E-state index contributed by atoms with van der Waals surface area (Å²) in [6, 6.07) is 9.02. The number of amides is 1. The van der Waals surface area contributed by atoms with Crippen molar-refractivity contribution in [3.05, 3.63) is 69.2 Å². The number of benzene rings is 2. The Hall–Kier alpha value is -2.28. The summed E-state index contributed by atoms with van der Waals surface area (Å²) >= 11 is 12.3. The fraction of sp³-hybridized carbons (Fsp3) is 0.533. The van der Waals surface area contributed by atoms with Gasteiger partial charge in [-0.15, -0.1) is 0 Å². The minimum atomic E-state index is -1.69. The third-order valence-corrected chi connectivity index (χ3v) is 9.19. The normalized spacial score (nSPS) is 26.7. The van der Waals surface area contributed by atoms with Gasteiger partial charge in [0.15, 0.2) is 0 Å². The quantitative estimate of drug-likeness (QED) is 0.312. The third-order valence-electron chi connectivity index (χ3n) is 8.66. The Morgan fingerprint density at radius 3 is 2.60 bits per heavy atom. The zero-order valence-corrected chi connectivity index (χ0v) is 23.9. The summed E-state index contributed by atoms with van der Waals surface area (Å²) in [6.45, 7) is 1.73. The molecule has 0 bridgehead atoms. The van der Waals surface area contributed by atoms with Gasteiger partial charge in [-0.3, -0.25) is 4.79 Å². The van der Waals surface area contributed by atoms with Crippen LogP contribution >= 0.6 is 23.2 Å². The van der Waals surface area contributed by atoms with Crippen molar-refractivity contribution in [1.82, 2.24) is 10.6 Å². The lowest BCUT2D eigenvalue weighted by atomic mass is 9.61. The highest BCUT2D eigenvalue weighted by atomic mass is 35.5. The van der Waals surface area contributed by atoms with E-state index in [-0.39, 0.29) is 39.6 Å². The molecule has 2 aliphatic rings. The molecule has 0 radical (unpaired) electrons. The van der Waals surface area contributed by atoms with E-state index in [0.717, 1.165) is 38.2 Å². The predicted molar refractivity (Wildman–Crippen MR) is 150 cm³/mol. The Balaban J connectivity index is 1.88. The molecule has 1 saturated carbocycles. The average molecular weight is 595 g/mol. The summed E-state index contributed by atoms with van der Waals surface area (Å²) in [5.74, 6) is -3.16. The molecule has 1 amide bonds. The molecular formula is C30H35Cl2F2N3O3. The molecule has 0 spiro atoms. The van der Waals surface area contributed by atoms with E-state index in [9.17, 15) is 15.2 Å². The maximum atomic E-state index is 15.8. The molecule has 4 unspecified atom stereocenters. The third kappa shape index (κ3) is 6.00. The van der Waals surface area contributed by atoms with Crippen LogP contribution in [0, 0.1) is 28.4 Å². The van der Waals surface area contributed by atoms with Crippen LogP contribution < -0.4 is 10.6 Å². The van der Waals surface area contributed by atoms with Crippen LogP contribution in [0.1, 0.15) is 68.9 Å². The van der Waals surface area contributed by atoms with Crippen LogP contribution in [0.5, 0.6) is 0 Å². The minimum absolute atomic E-state index is 0.0303. The van der Waals surface area contributed by atoms with Crippen molar-refractivity contribution in [2.75, 3.05) is 13.2 Å². The number of rotatable bonds is 9. The molecule has 2 aromatic rings. The first-order chi connectivity index (χ1) is 19.1. The molecule has 216 valence electrons.